The summed E-state index contributed by atoms with van der Waals surface area (Å²) in [6, 6.07) is 0. The molecule has 0 aromatic rings. The number of carboxylic acid groups (broad SMARTS) is 1. The van der Waals surface area contributed by atoms with Gasteiger partial charge in [-0.2, -0.15) is 0 Å². The van der Waals surface area contributed by atoms with Crippen molar-refractivity contribution in [2.45, 2.75) is 96.8 Å². The zero-order valence-corrected chi connectivity index (χ0v) is 16.8. The van der Waals surface area contributed by atoms with Gasteiger partial charge in [0.25, 0.3) is 0 Å². The molecule has 0 heterocycles. The fraction of sp³-hybridized carbons (Fsp3) is 0.833. The predicted molar refractivity (Wildman–Crippen MR) is 87.1 cm³/mol. The summed E-state index contributed by atoms with van der Waals surface area (Å²) in [6.07, 6.45) is 21.2. The van der Waals surface area contributed by atoms with Crippen molar-refractivity contribution in [1.29, 1.82) is 0 Å². The Morgan fingerprint density at radius 1 is 0.762 bits per heavy atom. The monoisotopic (exact) mass is 466 g/mol. The Morgan fingerprint density at radius 2 is 1.19 bits per heavy atom. The van der Waals surface area contributed by atoms with Crippen LogP contribution in [0.25, 0.3) is 0 Å². The molecule has 124 valence electrons. The Labute approximate surface area is 146 Å². The van der Waals surface area contributed by atoms with Gasteiger partial charge in [-0.25, -0.2) is 0 Å². The van der Waals surface area contributed by atoms with E-state index in [0.29, 0.717) is 6.42 Å². The van der Waals surface area contributed by atoms with E-state index in [4.69, 9.17) is 5.11 Å². The molecule has 0 aliphatic rings. The number of allylic oxidation sites excluding steroid dienone is 2. The Balaban J connectivity index is 0. The Morgan fingerprint density at radius 3 is 1.67 bits per heavy atom. The number of aliphatic carboxylic acids is 1. The number of rotatable bonds is 15. The van der Waals surface area contributed by atoms with E-state index in [-0.39, 0.29) is 21.1 Å². The van der Waals surface area contributed by atoms with Gasteiger partial charge in [0.15, 0.2) is 0 Å². The third-order valence-corrected chi connectivity index (χ3v) is 3.65. The number of hydrogen-bond donors (Lipinski definition) is 1. The van der Waals surface area contributed by atoms with Crippen LogP contribution in [0.2, 0.25) is 0 Å². The summed E-state index contributed by atoms with van der Waals surface area (Å²) >= 11 is 0. The molecule has 0 bridgehead atoms. The number of carbonyl (C=O) groups is 1. The minimum atomic E-state index is -0.664. The van der Waals surface area contributed by atoms with Crippen LogP contribution in [0.5, 0.6) is 0 Å². The molecule has 0 saturated heterocycles. The zero-order chi connectivity index (χ0) is 14.9. The summed E-state index contributed by atoms with van der Waals surface area (Å²) in [5.41, 5.74) is 0. The maximum atomic E-state index is 10.3. The van der Waals surface area contributed by atoms with Crippen molar-refractivity contribution in [3.63, 3.8) is 0 Å². The molecule has 21 heavy (non-hydrogen) atoms. The maximum Gasteiger partial charge on any atom is 0.303 e. The summed E-state index contributed by atoms with van der Waals surface area (Å²) in [5, 5.41) is 8.51. The van der Waals surface area contributed by atoms with Crippen LogP contribution in [0.3, 0.4) is 0 Å². The summed E-state index contributed by atoms with van der Waals surface area (Å²) < 4.78 is 0. The van der Waals surface area contributed by atoms with Crippen molar-refractivity contribution in [2.24, 2.45) is 0 Å². The van der Waals surface area contributed by atoms with Gasteiger partial charge in [0.2, 0.25) is 0 Å². The molecule has 0 saturated carbocycles. The fourth-order valence-corrected chi connectivity index (χ4v) is 2.35. The van der Waals surface area contributed by atoms with Crippen LogP contribution in [0, 0.1) is 0 Å². The van der Waals surface area contributed by atoms with E-state index >= 15 is 0 Å². The molecule has 0 aliphatic carbocycles. The molecule has 1 N–H and O–H groups in total. The van der Waals surface area contributed by atoms with Crippen molar-refractivity contribution in [1.82, 2.24) is 0 Å². The standard InChI is InChI=1S/C18H34O2.W/c1-2-3-4-5-6-7-8-9-10-11-12-13-14-15-16-17-18(19)20;/h9-10H,2-8,11-17H2,1H3,(H,19,20);/b10-9-;. The van der Waals surface area contributed by atoms with Crippen molar-refractivity contribution in [3.8, 4) is 0 Å². The zero-order valence-electron chi connectivity index (χ0n) is 13.8. The van der Waals surface area contributed by atoms with Gasteiger partial charge in [0.05, 0.1) is 0 Å². The molecule has 0 aliphatic heterocycles. The quantitative estimate of drug-likeness (QED) is 0.234. The minimum absolute atomic E-state index is 0. The summed E-state index contributed by atoms with van der Waals surface area (Å²) in [4.78, 5) is 10.3. The van der Waals surface area contributed by atoms with Gasteiger partial charge >= 0.3 is 5.97 Å². The van der Waals surface area contributed by atoms with E-state index in [9.17, 15) is 4.79 Å². The average molecular weight is 466 g/mol. The second-order valence-electron chi connectivity index (χ2n) is 5.73. The molecule has 0 rings (SSSR count). The summed E-state index contributed by atoms with van der Waals surface area (Å²) in [7, 11) is 0. The molecule has 3 heteroatoms. The Bertz CT molecular complexity index is 239. The predicted octanol–water partition coefficient (Wildman–Crippen LogP) is 6.11. The normalized spacial score (nSPS) is 10.7. The molecule has 0 amide bonds. The first-order valence-corrected chi connectivity index (χ1v) is 8.64. The van der Waals surface area contributed by atoms with Gasteiger partial charge in [0, 0.05) is 27.5 Å². The van der Waals surface area contributed by atoms with Crippen molar-refractivity contribution in [3.05, 3.63) is 12.2 Å². The molecule has 0 aromatic heterocycles. The number of carboxylic acids is 1. The molecule has 0 atom stereocenters. The van der Waals surface area contributed by atoms with Crippen LogP contribution in [0.1, 0.15) is 96.8 Å². The number of hydrogen-bond acceptors (Lipinski definition) is 1. The van der Waals surface area contributed by atoms with Gasteiger partial charge in [-0.3, -0.25) is 4.79 Å². The SMILES string of the molecule is CCCCCCCC/C=C\CCCCCCCC(=O)O.[W]. The van der Waals surface area contributed by atoms with E-state index < -0.39 is 5.97 Å². The Kier molecular flexibility index (Phi) is 22.0. The third-order valence-electron chi connectivity index (χ3n) is 3.65. The van der Waals surface area contributed by atoms with Gasteiger partial charge in [0.1, 0.15) is 0 Å². The molecular weight excluding hydrogens is 432 g/mol. The molecule has 0 fully saturated rings. The minimum Gasteiger partial charge on any atom is -0.481 e. The van der Waals surface area contributed by atoms with Crippen LogP contribution in [-0.2, 0) is 25.9 Å². The Hall–Kier alpha value is -0.102. The fourth-order valence-electron chi connectivity index (χ4n) is 2.35. The van der Waals surface area contributed by atoms with Crippen LogP contribution >= 0.6 is 0 Å². The first-order valence-electron chi connectivity index (χ1n) is 8.64. The molecule has 0 aromatic carbocycles. The van der Waals surface area contributed by atoms with Crippen LogP contribution < -0.4 is 0 Å². The molecule has 0 radical (unpaired) electrons. The van der Waals surface area contributed by atoms with Crippen molar-refractivity contribution < 1.29 is 31.0 Å². The average Bonchev–Trinajstić information content (AvgIpc) is 2.43. The second-order valence-corrected chi connectivity index (χ2v) is 5.73. The van der Waals surface area contributed by atoms with Gasteiger partial charge < -0.3 is 5.11 Å². The maximum absolute atomic E-state index is 10.3. The van der Waals surface area contributed by atoms with Crippen molar-refractivity contribution >= 4 is 5.97 Å². The van der Waals surface area contributed by atoms with E-state index in [1.807, 2.05) is 0 Å². The molecule has 2 nitrogen and oxygen atoms in total. The van der Waals surface area contributed by atoms with Crippen molar-refractivity contribution in [2.75, 3.05) is 0 Å². The van der Waals surface area contributed by atoms with Gasteiger partial charge in [-0.05, 0) is 32.1 Å². The largest absolute Gasteiger partial charge is 0.481 e. The first-order chi connectivity index (χ1) is 9.77. The summed E-state index contributed by atoms with van der Waals surface area (Å²) in [5.74, 6) is -0.664. The van der Waals surface area contributed by atoms with E-state index in [0.717, 1.165) is 12.8 Å². The van der Waals surface area contributed by atoms with E-state index in [1.54, 1.807) is 0 Å². The third kappa shape index (κ3) is 22.3. The van der Waals surface area contributed by atoms with E-state index in [2.05, 4.69) is 19.1 Å². The van der Waals surface area contributed by atoms with Crippen LogP contribution in [0.4, 0.5) is 0 Å². The van der Waals surface area contributed by atoms with E-state index in [1.165, 1.54) is 70.6 Å². The van der Waals surface area contributed by atoms with Crippen LogP contribution in [0.15, 0.2) is 12.2 Å². The molecular formula is C18H34O2W. The van der Waals surface area contributed by atoms with Crippen LogP contribution in [-0.4, -0.2) is 11.1 Å². The smallest absolute Gasteiger partial charge is 0.303 e. The topological polar surface area (TPSA) is 37.3 Å². The molecule has 0 spiro atoms. The first kappa shape index (κ1) is 23.2. The van der Waals surface area contributed by atoms with Gasteiger partial charge in [-0.15, -0.1) is 0 Å². The van der Waals surface area contributed by atoms with Gasteiger partial charge in [-0.1, -0.05) is 70.4 Å². The molecule has 0 unspecified atom stereocenters. The number of unbranched alkanes of at least 4 members (excludes halogenated alkanes) is 11. The summed E-state index contributed by atoms with van der Waals surface area (Å²) in [6.45, 7) is 2.26. The second kappa shape index (κ2) is 19.9.